The molecule has 0 atom stereocenters. The molecule has 1 aromatic heterocycles. The number of carbonyl (C=O) groups is 2. The first-order valence-electron chi connectivity index (χ1n) is 7.01. The number of aromatic carboxylic acids is 1. The maximum Gasteiger partial charge on any atom is 0.340 e. The molecular weight excluding hydrogens is 322 g/mol. The topological polar surface area (TPSA) is 113 Å². The number of nitrogens with zero attached hydrogens (tertiary/aromatic N) is 1. The molecule has 0 unspecified atom stereocenters. The Morgan fingerprint density at radius 2 is 1.46 bits per heavy atom. The third kappa shape index (κ3) is 4.26. The van der Waals surface area contributed by atoms with Gasteiger partial charge < -0.3 is 28.8 Å². The van der Waals surface area contributed by atoms with Crippen molar-refractivity contribution >= 4 is 11.9 Å². The van der Waals surface area contributed by atoms with Gasteiger partial charge in [0.25, 0.3) is 0 Å². The van der Waals surface area contributed by atoms with Gasteiger partial charge in [-0.1, -0.05) is 0 Å². The highest BCUT2D eigenvalue weighted by Gasteiger charge is 2.29. The lowest BCUT2D eigenvalue weighted by atomic mass is 10.1. The quantitative estimate of drug-likeness (QED) is 0.526. The van der Waals surface area contributed by atoms with E-state index in [1.807, 2.05) is 0 Å². The van der Waals surface area contributed by atoms with Gasteiger partial charge in [0.2, 0.25) is 12.6 Å². The molecule has 1 rings (SSSR count). The van der Waals surface area contributed by atoms with Gasteiger partial charge in [-0.2, -0.15) is 0 Å². The summed E-state index contributed by atoms with van der Waals surface area (Å²) in [6.07, 6.45) is -2.04. The fourth-order valence-corrected chi connectivity index (χ4v) is 2.08. The number of ether oxygens (including phenoxy) is 5. The summed E-state index contributed by atoms with van der Waals surface area (Å²) in [5.74, 6) is -2.03. The van der Waals surface area contributed by atoms with Gasteiger partial charge in [0.1, 0.15) is 11.4 Å². The average Bonchev–Trinajstić information content (AvgIpc) is 2.57. The summed E-state index contributed by atoms with van der Waals surface area (Å²) in [5, 5.41) is 9.42. The first-order valence-corrected chi connectivity index (χ1v) is 7.01. The Morgan fingerprint density at radius 1 is 1.00 bits per heavy atom. The third-order valence-electron chi connectivity index (χ3n) is 3.11. The summed E-state index contributed by atoms with van der Waals surface area (Å²) in [5.41, 5.74) is -0.272. The van der Waals surface area contributed by atoms with E-state index in [4.69, 9.17) is 23.7 Å². The smallest absolute Gasteiger partial charge is 0.340 e. The molecule has 0 radical (unpaired) electrons. The van der Waals surface area contributed by atoms with Crippen LogP contribution in [0.2, 0.25) is 0 Å². The van der Waals surface area contributed by atoms with Crippen LogP contribution in [0.5, 0.6) is 0 Å². The van der Waals surface area contributed by atoms with E-state index >= 15 is 0 Å². The van der Waals surface area contributed by atoms with Crippen LogP contribution < -0.4 is 0 Å². The largest absolute Gasteiger partial charge is 0.478 e. The van der Waals surface area contributed by atoms with Crippen molar-refractivity contribution in [2.24, 2.45) is 0 Å². The molecule has 24 heavy (non-hydrogen) atoms. The summed E-state index contributed by atoms with van der Waals surface area (Å²) in [7, 11) is 5.40. The molecule has 9 heteroatoms. The fraction of sp³-hybridized carbons (Fsp3) is 0.533. The van der Waals surface area contributed by atoms with E-state index in [1.165, 1.54) is 28.4 Å². The number of esters is 1. The van der Waals surface area contributed by atoms with E-state index in [2.05, 4.69) is 4.98 Å². The zero-order chi connectivity index (χ0) is 18.3. The van der Waals surface area contributed by atoms with Gasteiger partial charge in [-0.25, -0.2) is 14.6 Å². The van der Waals surface area contributed by atoms with Crippen molar-refractivity contribution in [3.05, 3.63) is 28.6 Å². The number of pyridine rings is 1. The molecule has 0 aromatic carbocycles. The molecule has 0 aliphatic heterocycles. The van der Waals surface area contributed by atoms with Crippen LogP contribution in [0.15, 0.2) is 6.07 Å². The second-order valence-corrected chi connectivity index (χ2v) is 4.49. The normalized spacial score (nSPS) is 11.1. The monoisotopic (exact) mass is 343 g/mol. The molecule has 0 saturated carbocycles. The van der Waals surface area contributed by atoms with Crippen LogP contribution in [0, 0.1) is 0 Å². The van der Waals surface area contributed by atoms with E-state index in [0.717, 1.165) is 6.07 Å². The second-order valence-electron chi connectivity index (χ2n) is 4.49. The third-order valence-corrected chi connectivity index (χ3v) is 3.11. The first kappa shape index (κ1) is 20.0. The van der Waals surface area contributed by atoms with Crippen molar-refractivity contribution in [2.75, 3.05) is 35.0 Å². The summed E-state index contributed by atoms with van der Waals surface area (Å²) in [6.45, 7) is 1.75. The van der Waals surface area contributed by atoms with Gasteiger partial charge in [0.15, 0.2) is 0 Å². The summed E-state index contributed by atoms with van der Waals surface area (Å²) >= 11 is 0. The van der Waals surface area contributed by atoms with E-state index in [-0.39, 0.29) is 29.1 Å². The molecule has 0 bridgehead atoms. The Morgan fingerprint density at radius 3 is 1.83 bits per heavy atom. The summed E-state index contributed by atoms with van der Waals surface area (Å²) < 4.78 is 25.4. The van der Waals surface area contributed by atoms with Gasteiger partial charge in [0, 0.05) is 28.4 Å². The maximum absolute atomic E-state index is 12.2. The summed E-state index contributed by atoms with van der Waals surface area (Å²) in [4.78, 5) is 27.9. The summed E-state index contributed by atoms with van der Waals surface area (Å²) in [6, 6.07) is 1.15. The number of hydrogen-bond donors (Lipinski definition) is 1. The van der Waals surface area contributed by atoms with Crippen LogP contribution in [-0.4, -0.2) is 57.1 Å². The van der Waals surface area contributed by atoms with Crippen molar-refractivity contribution < 1.29 is 38.4 Å². The lowest BCUT2D eigenvalue weighted by Gasteiger charge is -2.21. The Kier molecular flexibility index (Phi) is 7.72. The van der Waals surface area contributed by atoms with Gasteiger partial charge in [-0.15, -0.1) is 0 Å². The molecule has 9 nitrogen and oxygen atoms in total. The number of carboxylic acid groups (broad SMARTS) is 1. The van der Waals surface area contributed by atoms with Crippen molar-refractivity contribution in [1.29, 1.82) is 0 Å². The van der Waals surface area contributed by atoms with E-state index < -0.39 is 24.5 Å². The van der Waals surface area contributed by atoms with Crippen LogP contribution in [0.4, 0.5) is 0 Å². The Bertz CT molecular complexity index is 581. The van der Waals surface area contributed by atoms with Gasteiger partial charge >= 0.3 is 11.9 Å². The SMILES string of the molecule is CCOC(=O)c1cc(C(=O)O)c(C(OC)OC)nc1C(OC)OC. The van der Waals surface area contributed by atoms with Crippen molar-refractivity contribution in [3.63, 3.8) is 0 Å². The Balaban J connectivity index is 3.65. The number of methoxy groups -OCH3 is 4. The van der Waals surface area contributed by atoms with E-state index in [0.29, 0.717) is 0 Å². The van der Waals surface area contributed by atoms with Crippen LogP contribution in [-0.2, 0) is 23.7 Å². The minimum atomic E-state index is -1.29. The lowest BCUT2D eigenvalue weighted by molar-refractivity contribution is -0.116. The predicted octanol–water partition coefficient (Wildman–Crippen LogP) is 1.54. The zero-order valence-corrected chi connectivity index (χ0v) is 14.2. The van der Waals surface area contributed by atoms with E-state index in [9.17, 15) is 14.7 Å². The zero-order valence-electron chi connectivity index (χ0n) is 14.2. The molecule has 0 spiro atoms. The number of rotatable bonds is 9. The maximum atomic E-state index is 12.2. The molecule has 1 aromatic rings. The minimum Gasteiger partial charge on any atom is -0.478 e. The number of carbonyl (C=O) groups excluding carboxylic acids is 1. The molecule has 0 aliphatic rings. The second kappa shape index (κ2) is 9.28. The molecule has 0 aliphatic carbocycles. The van der Waals surface area contributed by atoms with Crippen molar-refractivity contribution in [1.82, 2.24) is 4.98 Å². The lowest BCUT2D eigenvalue weighted by Crippen LogP contribution is -2.21. The molecule has 1 N–H and O–H groups in total. The molecular formula is C15H21NO8. The molecule has 0 saturated heterocycles. The van der Waals surface area contributed by atoms with Crippen LogP contribution in [0.25, 0.3) is 0 Å². The number of aromatic nitrogens is 1. The molecule has 134 valence electrons. The van der Waals surface area contributed by atoms with Gasteiger partial charge in [-0.3, -0.25) is 0 Å². The molecule has 0 amide bonds. The van der Waals surface area contributed by atoms with Crippen LogP contribution >= 0.6 is 0 Å². The Labute approximate surface area is 139 Å². The van der Waals surface area contributed by atoms with Crippen LogP contribution in [0.1, 0.15) is 51.6 Å². The first-order chi connectivity index (χ1) is 11.4. The Hall–Kier alpha value is -2.07. The highest BCUT2D eigenvalue weighted by molar-refractivity contribution is 5.96. The van der Waals surface area contributed by atoms with Gasteiger partial charge in [0.05, 0.1) is 17.7 Å². The van der Waals surface area contributed by atoms with Crippen molar-refractivity contribution in [3.8, 4) is 0 Å². The fourth-order valence-electron chi connectivity index (χ4n) is 2.08. The highest BCUT2D eigenvalue weighted by Crippen LogP contribution is 2.28. The van der Waals surface area contributed by atoms with Gasteiger partial charge in [-0.05, 0) is 13.0 Å². The van der Waals surface area contributed by atoms with Crippen LogP contribution in [0.3, 0.4) is 0 Å². The van der Waals surface area contributed by atoms with Crippen molar-refractivity contribution in [2.45, 2.75) is 19.5 Å². The molecule has 0 fully saturated rings. The highest BCUT2D eigenvalue weighted by atomic mass is 16.7. The minimum absolute atomic E-state index is 0.0188. The van der Waals surface area contributed by atoms with E-state index in [1.54, 1.807) is 6.92 Å². The molecule has 1 heterocycles. The number of hydrogen-bond acceptors (Lipinski definition) is 8. The standard InChI is InChI=1S/C15H21NO8/c1-6-24-13(19)9-7-8(12(17)18)10(14(20-2)21-3)16-11(9)15(22-4)23-5/h7,14-15H,6H2,1-5H3,(H,17,18). The number of carboxylic acids is 1. The predicted molar refractivity (Wildman–Crippen MR) is 80.7 cm³/mol. The average molecular weight is 343 g/mol.